The van der Waals surface area contributed by atoms with Crippen molar-refractivity contribution in [1.82, 2.24) is 14.6 Å². The van der Waals surface area contributed by atoms with E-state index in [0.29, 0.717) is 41.3 Å². The average molecular weight is 501 g/mol. The molecule has 9 heteroatoms. The number of hydrogen-bond donors (Lipinski definition) is 1. The molecule has 2 aromatic carbocycles. The summed E-state index contributed by atoms with van der Waals surface area (Å²) in [5, 5.41) is 6.72. The topological polar surface area (TPSA) is 99.6 Å². The quantitative estimate of drug-likeness (QED) is 0.452. The van der Waals surface area contributed by atoms with Crippen LogP contribution in [0.3, 0.4) is 0 Å². The van der Waals surface area contributed by atoms with Gasteiger partial charge in [0.15, 0.2) is 5.65 Å². The first-order valence-electron chi connectivity index (χ1n) is 10.1. The van der Waals surface area contributed by atoms with Crippen LogP contribution in [0.5, 0.6) is 5.88 Å². The third-order valence-corrected chi connectivity index (χ3v) is 8.24. The zero-order valence-corrected chi connectivity index (χ0v) is 19.1. The molecule has 2 N–H and O–H groups in total. The second-order valence-corrected chi connectivity index (χ2v) is 11.0. The van der Waals surface area contributed by atoms with Crippen LogP contribution in [-0.4, -0.2) is 41.1 Å². The standard InChI is InChI=1S/C22H21BrN4O3S/c23-19-20(24)27-21(26-22(19)30-13-14-7-9-31(28,29)10-8-14)18(12-25-27)17-6-5-15-3-1-2-4-16(15)11-17/h1-6,11-12,14H,7-10,13,24H2. The van der Waals surface area contributed by atoms with Crippen LogP contribution in [0.1, 0.15) is 12.8 Å². The highest BCUT2D eigenvalue weighted by Crippen LogP contribution is 2.35. The van der Waals surface area contributed by atoms with Crippen molar-refractivity contribution >= 4 is 48.0 Å². The third kappa shape index (κ3) is 3.87. The third-order valence-electron chi connectivity index (χ3n) is 5.78. The predicted octanol–water partition coefficient (Wildman–Crippen LogP) is 4.10. The summed E-state index contributed by atoms with van der Waals surface area (Å²) >= 11 is 3.47. The number of halogens is 1. The van der Waals surface area contributed by atoms with Gasteiger partial charge in [-0.15, -0.1) is 0 Å². The summed E-state index contributed by atoms with van der Waals surface area (Å²) in [6.45, 7) is 0.399. The molecule has 0 unspecified atom stereocenters. The lowest BCUT2D eigenvalue weighted by atomic mass is 10.0. The van der Waals surface area contributed by atoms with Crippen molar-refractivity contribution in [3.05, 3.63) is 53.1 Å². The van der Waals surface area contributed by atoms with Crippen LogP contribution in [0.15, 0.2) is 53.1 Å². The normalized spacial score (nSPS) is 16.7. The van der Waals surface area contributed by atoms with E-state index in [-0.39, 0.29) is 17.4 Å². The molecular formula is C22H21BrN4O3S. The molecule has 31 heavy (non-hydrogen) atoms. The molecular weight excluding hydrogens is 480 g/mol. The molecule has 160 valence electrons. The van der Waals surface area contributed by atoms with E-state index < -0.39 is 9.84 Å². The number of aromatic nitrogens is 3. The van der Waals surface area contributed by atoms with Crippen molar-refractivity contribution in [1.29, 1.82) is 0 Å². The smallest absolute Gasteiger partial charge is 0.233 e. The van der Waals surface area contributed by atoms with E-state index in [2.05, 4.69) is 45.3 Å². The lowest BCUT2D eigenvalue weighted by Crippen LogP contribution is -2.27. The summed E-state index contributed by atoms with van der Waals surface area (Å²) in [6, 6.07) is 14.4. The van der Waals surface area contributed by atoms with Crippen molar-refractivity contribution in [3.63, 3.8) is 0 Å². The summed E-state index contributed by atoms with van der Waals surface area (Å²) in [5.74, 6) is 1.40. The van der Waals surface area contributed by atoms with Gasteiger partial charge in [0.05, 0.1) is 24.3 Å². The zero-order chi connectivity index (χ0) is 21.6. The summed E-state index contributed by atoms with van der Waals surface area (Å²) in [6.07, 6.45) is 2.96. The molecule has 0 bridgehead atoms. The number of hydrogen-bond acceptors (Lipinski definition) is 6. The minimum atomic E-state index is -2.90. The van der Waals surface area contributed by atoms with Crippen LogP contribution < -0.4 is 10.5 Å². The van der Waals surface area contributed by atoms with Gasteiger partial charge in [-0.3, -0.25) is 0 Å². The maximum Gasteiger partial charge on any atom is 0.233 e. The fraction of sp³-hybridized carbons (Fsp3) is 0.273. The van der Waals surface area contributed by atoms with Crippen molar-refractivity contribution < 1.29 is 13.2 Å². The van der Waals surface area contributed by atoms with Gasteiger partial charge in [0, 0.05) is 5.56 Å². The van der Waals surface area contributed by atoms with Crippen molar-refractivity contribution in [2.45, 2.75) is 12.8 Å². The minimum Gasteiger partial charge on any atom is -0.476 e. The maximum absolute atomic E-state index is 11.7. The van der Waals surface area contributed by atoms with E-state index in [4.69, 9.17) is 15.5 Å². The number of rotatable bonds is 4. The molecule has 4 aromatic rings. The van der Waals surface area contributed by atoms with Gasteiger partial charge in [0.1, 0.15) is 20.1 Å². The molecule has 1 aliphatic rings. The molecule has 2 aromatic heterocycles. The number of ether oxygens (including phenoxy) is 1. The Hall–Kier alpha value is -2.65. The Morgan fingerprint density at radius 2 is 1.87 bits per heavy atom. The largest absolute Gasteiger partial charge is 0.476 e. The lowest BCUT2D eigenvalue weighted by molar-refractivity contribution is 0.229. The SMILES string of the molecule is Nc1c(Br)c(OCC2CCS(=O)(=O)CC2)nc2c(-c3ccc4ccccc4c3)cnn12. The molecule has 1 saturated heterocycles. The van der Waals surface area contributed by atoms with E-state index in [9.17, 15) is 8.42 Å². The number of fused-ring (bicyclic) bond motifs is 2. The molecule has 0 aliphatic carbocycles. The van der Waals surface area contributed by atoms with Gasteiger partial charge in [-0.1, -0.05) is 36.4 Å². The first-order chi connectivity index (χ1) is 14.9. The number of nitrogens with two attached hydrogens (primary N) is 1. The second kappa shape index (κ2) is 7.80. The Labute approximate surface area is 188 Å². The van der Waals surface area contributed by atoms with Gasteiger partial charge in [-0.2, -0.15) is 14.6 Å². The number of anilines is 1. The maximum atomic E-state index is 11.7. The first kappa shape index (κ1) is 20.3. The molecule has 0 radical (unpaired) electrons. The van der Waals surface area contributed by atoms with Crippen LogP contribution in [0.4, 0.5) is 5.82 Å². The molecule has 0 atom stereocenters. The number of nitrogen functional groups attached to an aromatic ring is 1. The van der Waals surface area contributed by atoms with Crippen molar-refractivity contribution in [2.75, 3.05) is 23.8 Å². The van der Waals surface area contributed by atoms with Gasteiger partial charge >= 0.3 is 0 Å². The fourth-order valence-corrected chi connectivity index (χ4v) is 5.89. The zero-order valence-electron chi connectivity index (χ0n) is 16.7. The Kier molecular flexibility index (Phi) is 5.10. The van der Waals surface area contributed by atoms with Crippen LogP contribution in [-0.2, 0) is 9.84 Å². The highest BCUT2D eigenvalue weighted by atomic mass is 79.9. The van der Waals surface area contributed by atoms with E-state index in [1.807, 2.05) is 18.2 Å². The summed E-state index contributed by atoms with van der Waals surface area (Å²) in [5.41, 5.74) is 8.76. The van der Waals surface area contributed by atoms with Gasteiger partial charge in [0.2, 0.25) is 5.88 Å². The monoisotopic (exact) mass is 500 g/mol. The van der Waals surface area contributed by atoms with Crippen molar-refractivity contribution in [2.24, 2.45) is 5.92 Å². The lowest BCUT2D eigenvalue weighted by Gasteiger charge is -2.22. The van der Waals surface area contributed by atoms with Crippen LogP contribution in [0.2, 0.25) is 0 Å². The molecule has 0 amide bonds. The van der Waals surface area contributed by atoms with Crippen LogP contribution in [0.25, 0.3) is 27.5 Å². The molecule has 3 heterocycles. The predicted molar refractivity (Wildman–Crippen MR) is 125 cm³/mol. The van der Waals surface area contributed by atoms with Gasteiger partial charge in [-0.25, -0.2) is 8.42 Å². The van der Waals surface area contributed by atoms with E-state index in [1.54, 1.807) is 10.7 Å². The molecule has 0 spiro atoms. The number of sulfone groups is 1. The second-order valence-electron chi connectivity index (χ2n) is 7.88. The Morgan fingerprint density at radius 3 is 2.65 bits per heavy atom. The van der Waals surface area contributed by atoms with Gasteiger partial charge < -0.3 is 10.5 Å². The van der Waals surface area contributed by atoms with Gasteiger partial charge in [-0.05, 0) is 57.1 Å². The number of benzene rings is 2. The first-order valence-corrected chi connectivity index (χ1v) is 12.7. The fourth-order valence-electron chi connectivity index (χ4n) is 3.93. The highest BCUT2D eigenvalue weighted by Gasteiger charge is 2.25. The average Bonchev–Trinajstić information content (AvgIpc) is 3.19. The number of nitrogens with zero attached hydrogens (tertiary/aromatic N) is 3. The van der Waals surface area contributed by atoms with E-state index in [0.717, 1.165) is 21.9 Å². The highest BCUT2D eigenvalue weighted by molar-refractivity contribution is 9.10. The molecule has 7 nitrogen and oxygen atoms in total. The Balaban J connectivity index is 1.48. The van der Waals surface area contributed by atoms with Crippen molar-refractivity contribution in [3.8, 4) is 17.0 Å². The van der Waals surface area contributed by atoms with E-state index in [1.165, 1.54) is 0 Å². The van der Waals surface area contributed by atoms with Crippen LogP contribution >= 0.6 is 15.9 Å². The summed E-state index contributed by atoms with van der Waals surface area (Å²) in [4.78, 5) is 4.70. The summed E-state index contributed by atoms with van der Waals surface area (Å²) in [7, 11) is -2.90. The molecule has 1 aliphatic heterocycles. The Bertz CT molecular complexity index is 1390. The van der Waals surface area contributed by atoms with E-state index >= 15 is 0 Å². The Morgan fingerprint density at radius 1 is 1.13 bits per heavy atom. The van der Waals surface area contributed by atoms with Crippen LogP contribution in [0, 0.1) is 5.92 Å². The molecule has 5 rings (SSSR count). The van der Waals surface area contributed by atoms with Gasteiger partial charge in [0.25, 0.3) is 0 Å². The molecule has 0 saturated carbocycles. The summed E-state index contributed by atoms with van der Waals surface area (Å²) < 4.78 is 31.4. The molecule has 1 fully saturated rings. The minimum absolute atomic E-state index is 0.180.